The fourth-order valence-electron chi connectivity index (χ4n) is 2.32. The van der Waals surface area contributed by atoms with Crippen LogP contribution in [0, 0.1) is 0 Å². The van der Waals surface area contributed by atoms with Gasteiger partial charge >= 0.3 is 0 Å². The van der Waals surface area contributed by atoms with Crippen LogP contribution < -0.4 is 10.9 Å². The third-order valence-corrected chi connectivity index (χ3v) is 4.37. The van der Waals surface area contributed by atoms with Crippen LogP contribution in [0.3, 0.4) is 0 Å². The number of para-hydroxylation sites is 1. The number of nitrogens with zero attached hydrogens (tertiary/aromatic N) is 1. The van der Waals surface area contributed by atoms with E-state index in [-0.39, 0.29) is 17.9 Å². The van der Waals surface area contributed by atoms with Gasteiger partial charge in [-0.1, -0.05) is 30.3 Å². The lowest BCUT2D eigenvalue weighted by Crippen LogP contribution is -2.21. The second-order valence-corrected chi connectivity index (χ2v) is 6.00. The van der Waals surface area contributed by atoms with Gasteiger partial charge in [0, 0.05) is 41.4 Å². The SMILES string of the molecule is O=C(CCn1ccccc1=O)Nc1ccccc1-c1cccs1. The van der Waals surface area contributed by atoms with Crippen LogP contribution in [0.1, 0.15) is 6.42 Å². The predicted molar refractivity (Wildman–Crippen MR) is 93.7 cm³/mol. The number of rotatable bonds is 5. The Morgan fingerprint density at radius 1 is 1.04 bits per heavy atom. The normalized spacial score (nSPS) is 10.4. The van der Waals surface area contributed by atoms with E-state index in [0.29, 0.717) is 6.54 Å². The van der Waals surface area contributed by atoms with E-state index in [2.05, 4.69) is 5.32 Å². The highest BCUT2D eigenvalue weighted by Gasteiger charge is 2.09. The maximum absolute atomic E-state index is 12.2. The molecule has 0 radical (unpaired) electrons. The Morgan fingerprint density at radius 3 is 2.65 bits per heavy atom. The van der Waals surface area contributed by atoms with E-state index < -0.39 is 0 Å². The molecule has 0 atom stereocenters. The average molecular weight is 324 g/mol. The number of aromatic nitrogens is 1. The van der Waals surface area contributed by atoms with Gasteiger partial charge in [0.25, 0.3) is 5.56 Å². The molecule has 0 spiro atoms. The molecule has 4 nitrogen and oxygen atoms in total. The number of hydrogen-bond donors (Lipinski definition) is 1. The van der Waals surface area contributed by atoms with E-state index in [1.807, 2.05) is 41.8 Å². The van der Waals surface area contributed by atoms with E-state index in [1.165, 1.54) is 10.6 Å². The van der Waals surface area contributed by atoms with Crippen molar-refractivity contribution in [1.29, 1.82) is 0 Å². The quantitative estimate of drug-likeness (QED) is 0.779. The van der Waals surface area contributed by atoms with Crippen molar-refractivity contribution in [3.05, 3.63) is 76.5 Å². The lowest BCUT2D eigenvalue weighted by atomic mass is 10.1. The van der Waals surface area contributed by atoms with Crippen molar-refractivity contribution in [2.45, 2.75) is 13.0 Å². The highest BCUT2D eigenvalue weighted by Crippen LogP contribution is 2.31. The minimum absolute atomic E-state index is 0.0979. The van der Waals surface area contributed by atoms with Gasteiger partial charge in [-0.3, -0.25) is 9.59 Å². The lowest BCUT2D eigenvalue weighted by molar-refractivity contribution is -0.116. The van der Waals surface area contributed by atoms with Crippen molar-refractivity contribution < 1.29 is 4.79 Å². The lowest BCUT2D eigenvalue weighted by Gasteiger charge is -2.10. The Balaban J connectivity index is 1.69. The molecule has 3 rings (SSSR count). The number of anilines is 1. The number of carbonyl (C=O) groups is 1. The van der Waals surface area contributed by atoms with E-state index >= 15 is 0 Å². The number of thiophene rings is 1. The first-order valence-electron chi connectivity index (χ1n) is 7.32. The van der Waals surface area contributed by atoms with Crippen LogP contribution in [0.4, 0.5) is 5.69 Å². The zero-order valence-corrected chi connectivity index (χ0v) is 13.3. The molecule has 0 aliphatic heterocycles. The van der Waals surface area contributed by atoms with Gasteiger partial charge in [-0.05, 0) is 23.6 Å². The number of aryl methyl sites for hydroxylation is 1. The van der Waals surface area contributed by atoms with Crippen LogP contribution in [0.25, 0.3) is 10.4 Å². The molecule has 0 saturated carbocycles. The molecular formula is C18H16N2O2S. The smallest absolute Gasteiger partial charge is 0.250 e. The molecule has 23 heavy (non-hydrogen) atoms. The first kappa shape index (κ1) is 15.2. The van der Waals surface area contributed by atoms with Gasteiger partial charge in [0.2, 0.25) is 5.91 Å². The second-order valence-electron chi connectivity index (χ2n) is 5.05. The Labute approximate surface area is 138 Å². The largest absolute Gasteiger partial charge is 0.325 e. The summed E-state index contributed by atoms with van der Waals surface area (Å²) in [4.78, 5) is 24.9. The van der Waals surface area contributed by atoms with Crippen molar-refractivity contribution >= 4 is 22.9 Å². The Kier molecular flexibility index (Phi) is 4.68. The van der Waals surface area contributed by atoms with Crippen LogP contribution in [0.5, 0.6) is 0 Å². The molecule has 3 aromatic rings. The van der Waals surface area contributed by atoms with Crippen LogP contribution in [0.2, 0.25) is 0 Å². The maximum atomic E-state index is 12.2. The molecule has 0 saturated heterocycles. The zero-order chi connectivity index (χ0) is 16.1. The summed E-state index contributed by atoms with van der Waals surface area (Å²) in [5.74, 6) is -0.107. The van der Waals surface area contributed by atoms with Crippen molar-refractivity contribution in [3.63, 3.8) is 0 Å². The topological polar surface area (TPSA) is 51.1 Å². The number of hydrogen-bond acceptors (Lipinski definition) is 3. The maximum Gasteiger partial charge on any atom is 0.250 e. The van der Waals surface area contributed by atoms with Gasteiger partial charge in [-0.2, -0.15) is 0 Å². The summed E-state index contributed by atoms with van der Waals surface area (Å²) >= 11 is 1.63. The Hall–Kier alpha value is -2.66. The molecule has 116 valence electrons. The van der Waals surface area contributed by atoms with E-state index in [0.717, 1.165) is 16.1 Å². The van der Waals surface area contributed by atoms with Crippen LogP contribution in [-0.4, -0.2) is 10.5 Å². The molecule has 5 heteroatoms. The summed E-state index contributed by atoms with van der Waals surface area (Å²) in [5.41, 5.74) is 1.70. The molecule has 1 aromatic carbocycles. The summed E-state index contributed by atoms with van der Waals surface area (Å²) < 4.78 is 1.53. The number of amides is 1. The molecule has 0 aliphatic carbocycles. The van der Waals surface area contributed by atoms with E-state index in [9.17, 15) is 9.59 Å². The van der Waals surface area contributed by atoms with Gasteiger partial charge in [0.05, 0.1) is 0 Å². The van der Waals surface area contributed by atoms with Crippen molar-refractivity contribution in [1.82, 2.24) is 4.57 Å². The molecule has 0 aliphatic rings. The van der Waals surface area contributed by atoms with Crippen molar-refractivity contribution in [2.24, 2.45) is 0 Å². The fraction of sp³-hybridized carbons (Fsp3) is 0.111. The van der Waals surface area contributed by atoms with Gasteiger partial charge < -0.3 is 9.88 Å². The second kappa shape index (κ2) is 7.07. The van der Waals surface area contributed by atoms with Gasteiger partial charge in [0.1, 0.15) is 0 Å². The highest BCUT2D eigenvalue weighted by molar-refractivity contribution is 7.13. The predicted octanol–water partition coefficient (Wildman–Crippen LogP) is 3.61. The third kappa shape index (κ3) is 3.76. The van der Waals surface area contributed by atoms with Gasteiger partial charge in [0.15, 0.2) is 0 Å². The van der Waals surface area contributed by atoms with Crippen LogP contribution in [-0.2, 0) is 11.3 Å². The summed E-state index contributed by atoms with van der Waals surface area (Å²) in [7, 11) is 0. The monoisotopic (exact) mass is 324 g/mol. The molecule has 0 fully saturated rings. The molecule has 1 amide bonds. The van der Waals surface area contributed by atoms with Gasteiger partial charge in [-0.15, -0.1) is 11.3 Å². The molecule has 1 N–H and O–H groups in total. The fourth-order valence-corrected chi connectivity index (χ4v) is 3.08. The summed E-state index contributed by atoms with van der Waals surface area (Å²) in [6, 6.07) is 16.7. The minimum atomic E-state index is -0.107. The zero-order valence-electron chi connectivity index (χ0n) is 12.4. The molecule has 0 bridgehead atoms. The third-order valence-electron chi connectivity index (χ3n) is 3.47. The number of pyridine rings is 1. The average Bonchev–Trinajstić information content (AvgIpc) is 3.09. The number of benzene rings is 1. The summed E-state index contributed by atoms with van der Waals surface area (Å²) in [5, 5.41) is 4.95. The minimum Gasteiger partial charge on any atom is -0.325 e. The molecular weight excluding hydrogens is 308 g/mol. The Bertz CT molecular complexity index is 853. The summed E-state index contributed by atoms with van der Waals surface area (Å²) in [6.45, 7) is 0.368. The van der Waals surface area contributed by atoms with Gasteiger partial charge in [-0.25, -0.2) is 0 Å². The van der Waals surface area contributed by atoms with E-state index in [4.69, 9.17) is 0 Å². The molecule has 2 aromatic heterocycles. The van der Waals surface area contributed by atoms with Crippen molar-refractivity contribution in [2.75, 3.05) is 5.32 Å². The van der Waals surface area contributed by atoms with Crippen LogP contribution >= 0.6 is 11.3 Å². The highest BCUT2D eigenvalue weighted by atomic mass is 32.1. The Morgan fingerprint density at radius 2 is 1.87 bits per heavy atom. The van der Waals surface area contributed by atoms with Crippen molar-refractivity contribution in [3.8, 4) is 10.4 Å². The molecule has 0 unspecified atom stereocenters. The summed E-state index contributed by atoms with van der Waals surface area (Å²) in [6.07, 6.45) is 1.94. The van der Waals surface area contributed by atoms with Crippen LogP contribution in [0.15, 0.2) is 71.0 Å². The number of carbonyl (C=O) groups excluding carboxylic acids is 1. The first-order chi connectivity index (χ1) is 11.2. The van der Waals surface area contributed by atoms with E-state index in [1.54, 1.807) is 29.7 Å². The molecule has 2 heterocycles. The number of nitrogens with one attached hydrogen (secondary N) is 1. The standard InChI is InChI=1S/C18H16N2O2S/c21-17(10-12-20-11-4-3-9-18(20)22)19-15-7-2-1-6-14(15)16-8-5-13-23-16/h1-9,11,13H,10,12H2,(H,19,21). The first-order valence-corrected chi connectivity index (χ1v) is 8.20.